The summed E-state index contributed by atoms with van der Waals surface area (Å²) >= 11 is 1.55. The molecule has 4 heteroatoms. The van der Waals surface area contributed by atoms with Crippen molar-refractivity contribution < 1.29 is 9.53 Å². The van der Waals surface area contributed by atoms with Crippen molar-refractivity contribution in [2.75, 3.05) is 6.61 Å². The molecule has 0 unspecified atom stereocenters. The van der Waals surface area contributed by atoms with Crippen molar-refractivity contribution in [1.29, 1.82) is 0 Å². The number of rotatable bonds is 5. The second-order valence-corrected chi connectivity index (χ2v) is 4.40. The Morgan fingerprint density at radius 2 is 2.47 bits per heavy atom. The van der Waals surface area contributed by atoms with Crippen LogP contribution in [0.4, 0.5) is 0 Å². The van der Waals surface area contributed by atoms with Crippen LogP contribution in [0.25, 0.3) is 6.08 Å². The van der Waals surface area contributed by atoms with E-state index in [0.29, 0.717) is 6.61 Å². The Kier molecular flexibility index (Phi) is 5.04. The van der Waals surface area contributed by atoms with Crippen molar-refractivity contribution in [2.45, 2.75) is 26.7 Å². The average molecular weight is 225 g/mol. The molecule has 1 heterocycles. The Balaban J connectivity index is 2.34. The fraction of sp³-hybridized carbons (Fsp3) is 0.455. The second kappa shape index (κ2) is 6.35. The van der Waals surface area contributed by atoms with Crippen LogP contribution in [0.5, 0.6) is 0 Å². The fourth-order valence-electron chi connectivity index (χ4n) is 0.970. The molecule has 0 saturated carbocycles. The van der Waals surface area contributed by atoms with Gasteiger partial charge in [0.25, 0.3) is 0 Å². The molecule has 1 aromatic heterocycles. The molecule has 0 radical (unpaired) electrons. The highest BCUT2D eigenvalue weighted by atomic mass is 32.1. The molecule has 0 N–H and O–H groups in total. The van der Waals surface area contributed by atoms with Gasteiger partial charge in [-0.1, -0.05) is 13.3 Å². The van der Waals surface area contributed by atoms with Crippen molar-refractivity contribution in [2.24, 2.45) is 0 Å². The highest BCUT2D eigenvalue weighted by molar-refractivity contribution is 7.12. The van der Waals surface area contributed by atoms with Gasteiger partial charge in [-0.05, 0) is 19.4 Å². The maximum atomic E-state index is 11.2. The number of esters is 1. The molecule has 82 valence electrons. The highest BCUT2D eigenvalue weighted by Crippen LogP contribution is 2.12. The zero-order chi connectivity index (χ0) is 11.1. The number of aryl methyl sites for hydroxylation is 1. The van der Waals surface area contributed by atoms with Gasteiger partial charge in [-0.15, -0.1) is 11.3 Å². The van der Waals surface area contributed by atoms with Gasteiger partial charge in [-0.3, -0.25) is 0 Å². The van der Waals surface area contributed by atoms with Crippen molar-refractivity contribution in [3.8, 4) is 0 Å². The van der Waals surface area contributed by atoms with Gasteiger partial charge < -0.3 is 4.74 Å². The summed E-state index contributed by atoms with van der Waals surface area (Å²) in [7, 11) is 0. The Hall–Kier alpha value is -1.16. The molecule has 0 atom stereocenters. The molecular weight excluding hydrogens is 210 g/mol. The van der Waals surface area contributed by atoms with E-state index >= 15 is 0 Å². The first-order valence-electron chi connectivity index (χ1n) is 4.99. The smallest absolute Gasteiger partial charge is 0.330 e. The lowest BCUT2D eigenvalue weighted by atomic mass is 10.4. The largest absolute Gasteiger partial charge is 0.463 e. The van der Waals surface area contributed by atoms with E-state index in [9.17, 15) is 4.79 Å². The zero-order valence-corrected chi connectivity index (χ0v) is 9.84. The van der Waals surface area contributed by atoms with Crippen LogP contribution in [-0.2, 0) is 9.53 Å². The predicted molar refractivity (Wildman–Crippen MR) is 61.8 cm³/mol. The van der Waals surface area contributed by atoms with Crippen LogP contribution in [0.1, 0.15) is 29.7 Å². The van der Waals surface area contributed by atoms with E-state index in [1.54, 1.807) is 23.6 Å². The summed E-state index contributed by atoms with van der Waals surface area (Å²) in [4.78, 5) is 16.2. The van der Waals surface area contributed by atoms with E-state index in [0.717, 1.165) is 22.7 Å². The van der Waals surface area contributed by atoms with E-state index in [2.05, 4.69) is 11.9 Å². The predicted octanol–water partition coefficient (Wildman–Crippen LogP) is 2.81. The number of thiazole rings is 1. The molecule has 0 aromatic carbocycles. The normalized spacial score (nSPS) is 10.8. The fourth-order valence-corrected chi connectivity index (χ4v) is 1.66. The number of nitrogens with zero attached hydrogens (tertiary/aromatic N) is 1. The van der Waals surface area contributed by atoms with E-state index in [4.69, 9.17) is 4.74 Å². The Morgan fingerprint density at radius 3 is 3.07 bits per heavy atom. The van der Waals surface area contributed by atoms with Crippen LogP contribution < -0.4 is 0 Å². The van der Waals surface area contributed by atoms with Crippen LogP contribution in [0.2, 0.25) is 0 Å². The number of hydrogen-bond donors (Lipinski definition) is 0. The summed E-state index contributed by atoms with van der Waals surface area (Å²) < 4.78 is 4.97. The van der Waals surface area contributed by atoms with Crippen molar-refractivity contribution in [3.05, 3.63) is 22.2 Å². The summed E-state index contributed by atoms with van der Waals surface area (Å²) in [6.07, 6.45) is 6.88. The van der Waals surface area contributed by atoms with Gasteiger partial charge in [0.2, 0.25) is 0 Å². The molecule has 0 spiro atoms. The Morgan fingerprint density at radius 1 is 1.67 bits per heavy atom. The van der Waals surface area contributed by atoms with Crippen molar-refractivity contribution in [1.82, 2.24) is 4.98 Å². The first-order chi connectivity index (χ1) is 7.22. The Bertz CT molecular complexity index is 344. The molecule has 0 fully saturated rings. The molecule has 0 aliphatic carbocycles. The van der Waals surface area contributed by atoms with Crippen LogP contribution in [0.15, 0.2) is 12.3 Å². The van der Waals surface area contributed by atoms with Gasteiger partial charge in [0.15, 0.2) is 0 Å². The van der Waals surface area contributed by atoms with E-state index < -0.39 is 0 Å². The van der Waals surface area contributed by atoms with Gasteiger partial charge in [-0.25, -0.2) is 9.78 Å². The van der Waals surface area contributed by atoms with Gasteiger partial charge >= 0.3 is 5.97 Å². The third-order valence-electron chi connectivity index (χ3n) is 1.77. The molecular formula is C11H15NO2S. The van der Waals surface area contributed by atoms with Crippen molar-refractivity contribution in [3.63, 3.8) is 0 Å². The standard InChI is InChI=1S/C11H15NO2S/c1-3-4-7-14-11(13)6-5-10-8-12-9(2)15-10/h5-6,8H,3-4,7H2,1-2H3/b6-5+. The van der Waals surface area contributed by atoms with Crippen molar-refractivity contribution >= 4 is 23.4 Å². The molecule has 0 bridgehead atoms. The minimum atomic E-state index is -0.283. The summed E-state index contributed by atoms with van der Waals surface area (Å²) in [6.45, 7) is 4.49. The molecule has 0 aliphatic heterocycles. The number of carbonyl (C=O) groups is 1. The lowest BCUT2D eigenvalue weighted by Gasteiger charge is -1.98. The first-order valence-corrected chi connectivity index (χ1v) is 5.81. The summed E-state index contributed by atoms with van der Waals surface area (Å²) in [5, 5.41) is 0.994. The summed E-state index contributed by atoms with van der Waals surface area (Å²) in [6, 6.07) is 0. The van der Waals surface area contributed by atoms with E-state index in [-0.39, 0.29) is 5.97 Å². The van der Waals surface area contributed by atoms with Crippen LogP contribution >= 0.6 is 11.3 Å². The average Bonchev–Trinajstić information content (AvgIpc) is 2.62. The number of ether oxygens (including phenoxy) is 1. The highest BCUT2D eigenvalue weighted by Gasteiger charge is 1.97. The zero-order valence-electron chi connectivity index (χ0n) is 9.03. The minimum Gasteiger partial charge on any atom is -0.463 e. The quantitative estimate of drug-likeness (QED) is 0.439. The topological polar surface area (TPSA) is 39.2 Å². The van der Waals surface area contributed by atoms with Crippen LogP contribution in [-0.4, -0.2) is 17.6 Å². The third kappa shape index (κ3) is 4.74. The number of hydrogen-bond acceptors (Lipinski definition) is 4. The number of aromatic nitrogens is 1. The SMILES string of the molecule is CCCCOC(=O)/C=C/c1cnc(C)s1. The van der Waals surface area contributed by atoms with Gasteiger partial charge in [0, 0.05) is 17.2 Å². The minimum absolute atomic E-state index is 0.283. The maximum absolute atomic E-state index is 11.2. The molecule has 0 saturated heterocycles. The van der Waals surface area contributed by atoms with Gasteiger partial charge in [0.05, 0.1) is 11.6 Å². The molecule has 0 amide bonds. The molecule has 15 heavy (non-hydrogen) atoms. The van der Waals surface area contributed by atoms with E-state index in [1.165, 1.54) is 6.08 Å². The molecule has 1 rings (SSSR count). The lowest BCUT2D eigenvalue weighted by Crippen LogP contribution is -2.01. The van der Waals surface area contributed by atoms with Crippen LogP contribution in [0, 0.1) is 6.92 Å². The summed E-state index contributed by atoms with van der Waals surface area (Å²) in [5.41, 5.74) is 0. The van der Waals surface area contributed by atoms with Gasteiger partial charge in [0.1, 0.15) is 0 Å². The van der Waals surface area contributed by atoms with Crippen LogP contribution in [0.3, 0.4) is 0 Å². The first kappa shape index (κ1) is 11.9. The molecule has 1 aromatic rings. The maximum Gasteiger partial charge on any atom is 0.330 e. The molecule has 0 aliphatic rings. The second-order valence-electron chi connectivity index (χ2n) is 3.14. The van der Waals surface area contributed by atoms with Gasteiger partial charge in [-0.2, -0.15) is 0 Å². The summed E-state index contributed by atoms with van der Waals surface area (Å²) in [5.74, 6) is -0.283. The number of unbranched alkanes of at least 4 members (excludes halogenated alkanes) is 1. The third-order valence-corrected chi connectivity index (χ3v) is 2.64. The monoisotopic (exact) mass is 225 g/mol. The lowest BCUT2D eigenvalue weighted by molar-refractivity contribution is -0.137. The Labute approximate surface area is 93.8 Å². The van der Waals surface area contributed by atoms with E-state index in [1.807, 2.05) is 6.92 Å². The number of carbonyl (C=O) groups excluding carboxylic acids is 1. The molecule has 3 nitrogen and oxygen atoms in total.